The molecule has 1 amide bonds. The topological polar surface area (TPSA) is 105 Å². The summed E-state index contributed by atoms with van der Waals surface area (Å²) in [6.45, 7) is 10.3. The summed E-state index contributed by atoms with van der Waals surface area (Å²) in [6.07, 6.45) is 0. The minimum atomic E-state index is -3.94. The molecular weight excluding hydrogens is 532 g/mol. The summed E-state index contributed by atoms with van der Waals surface area (Å²) in [5, 5.41) is 3.85. The molecule has 2 saturated heterocycles. The summed E-state index contributed by atoms with van der Waals surface area (Å²) in [6, 6.07) is 12.0. The molecule has 10 nitrogen and oxygen atoms in total. The first-order chi connectivity index (χ1) is 19.1. The zero-order valence-electron chi connectivity index (χ0n) is 23.2. The van der Waals surface area contributed by atoms with Crippen LogP contribution >= 0.6 is 0 Å². The molecule has 11 heteroatoms. The van der Waals surface area contributed by atoms with Crippen LogP contribution in [0.15, 0.2) is 45.8 Å². The van der Waals surface area contributed by atoms with Gasteiger partial charge in [-0.1, -0.05) is 29.4 Å². The van der Waals surface area contributed by atoms with E-state index in [-0.39, 0.29) is 36.4 Å². The number of carbonyl (C=O) groups excluding carboxylic acids is 1. The maximum atomic E-state index is 14.1. The third-order valence-corrected chi connectivity index (χ3v) is 10.4. The van der Waals surface area contributed by atoms with Crippen LogP contribution in [0.3, 0.4) is 0 Å². The molecule has 0 N–H and O–H groups in total. The lowest BCUT2D eigenvalue weighted by atomic mass is 9.87. The number of hydrogen-bond acceptors (Lipinski definition) is 8. The van der Waals surface area contributed by atoms with E-state index in [4.69, 9.17) is 14.0 Å². The molecule has 212 valence electrons. The van der Waals surface area contributed by atoms with E-state index < -0.39 is 21.9 Å². The lowest BCUT2D eigenvalue weighted by Crippen LogP contribution is -2.51. The second-order valence-corrected chi connectivity index (χ2v) is 12.7. The van der Waals surface area contributed by atoms with E-state index in [0.29, 0.717) is 43.4 Å². The van der Waals surface area contributed by atoms with Gasteiger partial charge in [-0.25, -0.2) is 8.42 Å². The molecule has 4 heterocycles. The molecule has 3 aliphatic rings. The number of amides is 1. The second-order valence-electron chi connectivity index (χ2n) is 10.9. The van der Waals surface area contributed by atoms with Gasteiger partial charge in [0.15, 0.2) is 17.3 Å². The van der Waals surface area contributed by atoms with Crippen LogP contribution in [-0.2, 0) is 14.8 Å². The van der Waals surface area contributed by atoms with Crippen molar-refractivity contribution in [2.45, 2.75) is 38.5 Å². The van der Waals surface area contributed by atoms with E-state index in [1.54, 1.807) is 13.8 Å². The number of sulfonamides is 1. The first-order valence-electron chi connectivity index (χ1n) is 13.6. The fourth-order valence-electron chi connectivity index (χ4n) is 6.21. The lowest BCUT2D eigenvalue weighted by Gasteiger charge is -2.38. The molecule has 0 aliphatic carbocycles. The number of benzene rings is 2. The number of ether oxygens (including phenoxy) is 2. The molecule has 0 spiro atoms. The van der Waals surface area contributed by atoms with E-state index in [1.807, 2.05) is 23.1 Å². The summed E-state index contributed by atoms with van der Waals surface area (Å²) in [5.74, 6) is 0.427. The number of rotatable bonds is 5. The van der Waals surface area contributed by atoms with Gasteiger partial charge in [0.25, 0.3) is 0 Å². The highest BCUT2D eigenvalue weighted by Gasteiger charge is 2.47. The Balaban J connectivity index is 1.28. The van der Waals surface area contributed by atoms with Gasteiger partial charge < -0.3 is 23.8 Å². The van der Waals surface area contributed by atoms with Crippen molar-refractivity contribution in [2.75, 3.05) is 51.0 Å². The van der Waals surface area contributed by atoms with Crippen LogP contribution in [0.1, 0.15) is 34.1 Å². The first kappa shape index (κ1) is 26.6. The molecule has 3 aromatic rings. The molecule has 2 fully saturated rings. The van der Waals surface area contributed by atoms with Gasteiger partial charge in [-0.15, -0.1) is 0 Å². The first-order valence-corrected chi connectivity index (χ1v) is 15.0. The highest BCUT2D eigenvalue weighted by Crippen LogP contribution is 2.45. The van der Waals surface area contributed by atoms with Crippen LogP contribution in [0, 0.1) is 33.6 Å². The van der Waals surface area contributed by atoms with Gasteiger partial charge in [0.05, 0.1) is 5.92 Å². The molecule has 1 aromatic heterocycles. The van der Waals surface area contributed by atoms with Crippen LogP contribution in [0.4, 0.5) is 5.69 Å². The van der Waals surface area contributed by atoms with E-state index in [0.717, 1.165) is 5.56 Å². The number of aryl methyl sites for hydroxylation is 4. The molecule has 3 aliphatic heterocycles. The molecule has 40 heavy (non-hydrogen) atoms. The Hall–Kier alpha value is -3.57. The Labute approximate surface area is 234 Å². The summed E-state index contributed by atoms with van der Waals surface area (Å²) in [7, 11) is -3.94. The third kappa shape index (κ3) is 4.50. The normalized spacial score (nSPS) is 21.3. The highest BCUT2D eigenvalue weighted by atomic mass is 32.2. The standard InChI is InChI=1S/C29H34N4O6S/c1-18-8-9-19(2)25(14-18)31-10-12-32(13-11-31)29(34)24-16-33(40(35,36)28-20(3)30-39-21(28)4)15-23(24)22-6-5-7-26-27(22)38-17-37-26/h5-9,14,23-24H,10-13,15-17H2,1-4H3/t23-,24?/m0/s1. The summed E-state index contributed by atoms with van der Waals surface area (Å²) in [4.78, 5) is 18.4. The van der Waals surface area contributed by atoms with Crippen molar-refractivity contribution in [3.63, 3.8) is 0 Å². The van der Waals surface area contributed by atoms with Gasteiger partial charge in [0, 0.05) is 56.4 Å². The van der Waals surface area contributed by atoms with Crippen molar-refractivity contribution in [2.24, 2.45) is 5.92 Å². The number of hydrogen-bond donors (Lipinski definition) is 0. The zero-order valence-corrected chi connectivity index (χ0v) is 24.0. The molecule has 0 saturated carbocycles. The number of carbonyl (C=O) groups is 1. The maximum absolute atomic E-state index is 14.1. The summed E-state index contributed by atoms with van der Waals surface area (Å²) >= 11 is 0. The van der Waals surface area contributed by atoms with Crippen LogP contribution in [0.25, 0.3) is 0 Å². The Kier molecular flexibility index (Phi) is 6.74. The Morgan fingerprint density at radius 1 is 0.975 bits per heavy atom. The van der Waals surface area contributed by atoms with Gasteiger partial charge in [-0.05, 0) is 51.0 Å². The predicted octanol–water partition coefficient (Wildman–Crippen LogP) is 3.39. The average Bonchev–Trinajstić information content (AvgIpc) is 3.68. The summed E-state index contributed by atoms with van der Waals surface area (Å²) in [5.41, 5.74) is 4.71. The van der Waals surface area contributed by atoms with Crippen molar-refractivity contribution >= 4 is 21.6 Å². The average molecular weight is 567 g/mol. The van der Waals surface area contributed by atoms with E-state index in [9.17, 15) is 13.2 Å². The van der Waals surface area contributed by atoms with Crippen molar-refractivity contribution in [1.82, 2.24) is 14.4 Å². The van der Waals surface area contributed by atoms with Crippen LogP contribution < -0.4 is 14.4 Å². The molecular formula is C29H34N4O6S. The molecule has 0 bridgehead atoms. The number of fused-ring (bicyclic) bond motifs is 1. The number of para-hydroxylation sites is 1. The Morgan fingerprint density at radius 3 is 2.48 bits per heavy atom. The predicted molar refractivity (Wildman–Crippen MR) is 148 cm³/mol. The Bertz CT molecular complexity index is 1540. The highest BCUT2D eigenvalue weighted by molar-refractivity contribution is 7.89. The van der Waals surface area contributed by atoms with E-state index in [2.05, 4.69) is 42.1 Å². The smallest absolute Gasteiger partial charge is 0.248 e. The molecule has 2 aromatic carbocycles. The van der Waals surface area contributed by atoms with Crippen LogP contribution in [0.2, 0.25) is 0 Å². The van der Waals surface area contributed by atoms with Gasteiger partial charge in [-0.2, -0.15) is 4.31 Å². The van der Waals surface area contributed by atoms with E-state index >= 15 is 0 Å². The van der Waals surface area contributed by atoms with Crippen molar-refractivity contribution in [1.29, 1.82) is 0 Å². The molecule has 1 unspecified atom stereocenters. The molecule has 2 atom stereocenters. The quantitative estimate of drug-likeness (QED) is 0.463. The molecule has 0 radical (unpaired) electrons. The number of nitrogens with zero attached hydrogens (tertiary/aromatic N) is 4. The molecule has 6 rings (SSSR count). The SMILES string of the molecule is Cc1ccc(C)c(N2CCN(C(=O)C3CN(S(=O)(=O)c4c(C)noc4C)C[C@H]3c3cccc4c3OCO4)CC2)c1. The zero-order chi connectivity index (χ0) is 28.2. The largest absolute Gasteiger partial charge is 0.454 e. The minimum absolute atomic E-state index is 0.0430. The van der Waals surface area contributed by atoms with Crippen molar-refractivity contribution in [3.05, 3.63) is 64.5 Å². The lowest BCUT2D eigenvalue weighted by molar-refractivity contribution is -0.135. The minimum Gasteiger partial charge on any atom is -0.454 e. The number of anilines is 1. The fourth-order valence-corrected chi connectivity index (χ4v) is 7.99. The van der Waals surface area contributed by atoms with Crippen molar-refractivity contribution < 1.29 is 27.2 Å². The second kappa shape index (κ2) is 10.1. The number of aromatic nitrogens is 1. The fraction of sp³-hybridized carbons (Fsp3) is 0.448. The summed E-state index contributed by atoms with van der Waals surface area (Å²) < 4.78 is 45.5. The third-order valence-electron chi connectivity index (χ3n) is 8.29. The van der Waals surface area contributed by atoms with Gasteiger partial charge in [-0.3, -0.25) is 4.79 Å². The van der Waals surface area contributed by atoms with Gasteiger partial charge in [0.2, 0.25) is 22.7 Å². The Morgan fingerprint density at radius 2 is 1.75 bits per heavy atom. The maximum Gasteiger partial charge on any atom is 0.248 e. The van der Waals surface area contributed by atoms with Crippen LogP contribution in [0.5, 0.6) is 11.5 Å². The van der Waals surface area contributed by atoms with E-state index in [1.165, 1.54) is 21.1 Å². The van der Waals surface area contributed by atoms with Gasteiger partial charge >= 0.3 is 0 Å². The monoisotopic (exact) mass is 566 g/mol. The van der Waals surface area contributed by atoms with Crippen molar-refractivity contribution in [3.8, 4) is 11.5 Å². The van der Waals surface area contributed by atoms with Gasteiger partial charge in [0.1, 0.15) is 10.6 Å². The van der Waals surface area contributed by atoms with Crippen LogP contribution in [-0.4, -0.2) is 74.7 Å². The number of piperazine rings is 1.